The third kappa shape index (κ3) is 7.69. The highest BCUT2D eigenvalue weighted by molar-refractivity contribution is 7.92. The van der Waals surface area contributed by atoms with Crippen molar-refractivity contribution in [3.63, 3.8) is 0 Å². The molecule has 11 heteroatoms. The van der Waals surface area contributed by atoms with E-state index in [2.05, 4.69) is 5.32 Å². The second kappa shape index (κ2) is 13.7. The molecule has 2 amide bonds. The zero-order valence-corrected chi connectivity index (χ0v) is 25.8. The van der Waals surface area contributed by atoms with E-state index in [0.29, 0.717) is 32.6 Å². The smallest absolute Gasteiger partial charge is 0.264 e. The van der Waals surface area contributed by atoms with Gasteiger partial charge in [0.1, 0.15) is 12.6 Å². The maximum absolute atomic E-state index is 14.1. The Bertz CT molecular complexity index is 1470. The fourth-order valence-electron chi connectivity index (χ4n) is 4.22. The normalized spacial score (nSPS) is 12.2. The van der Waals surface area contributed by atoms with Crippen LogP contribution in [0.15, 0.2) is 71.6 Å². The van der Waals surface area contributed by atoms with Crippen molar-refractivity contribution in [1.29, 1.82) is 0 Å². The topological polar surface area (TPSA) is 86.8 Å². The van der Waals surface area contributed by atoms with Crippen LogP contribution in [0.1, 0.15) is 38.3 Å². The quantitative estimate of drug-likeness (QED) is 0.265. The number of rotatable bonds is 11. The van der Waals surface area contributed by atoms with Gasteiger partial charge in [0.25, 0.3) is 10.0 Å². The predicted octanol–water partition coefficient (Wildman–Crippen LogP) is 6.48. The number of hydrogen-bond donors (Lipinski definition) is 1. The summed E-state index contributed by atoms with van der Waals surface area (Å²) in [4.78, 5) is 28.7. The highest BCUT2D eigenvalue weighted by Crippen LogP contribution is 2.30. The average Bonchev–Trinajstić information content (AvgIpc) is 2.90. The molecule has 0 saturated heterocycles. The molecule has 0 aliphatic carbocycles. The lowest BCUT2D eigenvalue weighted by molar-refractivity contribution is -0.140. The van der Waals surface area contributed by atoms with E-state index in [4.69, 9.17) is 34.8 Å². The molecule has 0 aliphatic rings. The van der Waals surface area contributed by atoms with Crippen LogP contribution >= 0.6 is 34.8 Å². The molecule has 40 heavy (non-hydrogen) atoms. The lowest BCUT2D eigenvalue weighted by Crippen LogP contribution is -2.53. The van der Waals surface area contributed by atoms with Crippen LogP contribution in [0.25, 0.3) is 0 Å². The molecule has 0 spiro atoms. The summed E-state index contributed by atoms with van der Waals surface area (Å²) in [6, 6.07) is 16.6. The number of anilines is 1. The summed E-state index contributed by atoms with van der Waals surface area (Å²) >= 11 is 18.6. The summed E-state index contributed by atoms with van der Waals surface area (Å²) < 4.78 is 28.9. The third-order valence-corrected chi connectivity index (χ3v) is 8.95. The Morgan fingerprint density at radius 2 is 1.60 bits per heavy atom. The largest absolute Gasteiger partial charge is 0.352 e. The second-order valence-corrected chi connectivity index (χ2v) is 12.7. The van der Waals surface area contributed by atoms with E-state index in [1.165, 1.54) is 23.1 Å². The Labute approximate surface area is 251 Å². The molecule has 0 bridgehead atoms. The first-order valence-corrected chi connectivity index (χ1v) is 15.3. The van der Waals surface area contributed by atoms with Crippen LogP contribution in [-0.2, 0) is 26.2 Å². The average molecular weight is 625 g/mol. The Morgan fingerprint density at radius 3 is 2.20 bits per heavy atom. The molecule has 0 aliphatic heterocycles. The highest BCUT2D eigenvalue weighted by atomic mass is 35.5. The first kappa shape index (κ1) is 31.7. The summed E-state index contributed by atoms with van der Waals surface area (Å²) in [7, 11) is -4.19. The monoisotopic (exact) mass is 623 g/mol. The van der Waals surface area contributed by atoms with Gasteiger partial charge in [-0.3, -0.25) is 13.9 Å². The van der Waals surface area contributed by atoms with Crippen molar-refractivity contribution in [1.82, 2.24) is 10.2 Å². The Hall–Kier alpha value is -2.78. The summed E-state index contributed by atoms with van der Waals surface area (Å²) in [5.41, 5.74) is 1.51. The number of carbonyl (C=O) groups excluding carboxylic acids is 2. The Kier molecular flexibility index (Phi) is 10.9. The molecular weight excluding hydrogens is 593 g/mol. The number of carbonyl (C=O) groups is 2. The van der Waals surface area contributed by atoms with Gasteiger partial charge in [-0.15, -0.1) is 0 Å². The minimum Gasteiger partial charge on any atom is -0.352 e. The van der Waals surface area contributed by atoms with Crippen molar-refractivity contribution < 1.29 is 18.0 Å². The number of nitrogens with one attached hydrogen (secondary N) is 1. The zero-order valence-electron chi connectivity index (χ0n) is 22.7. The van der Waals surface area contributed by atoms with E-state index in [0.717, 1.165) is 4.31 Å². The molecule has 0 aromatic heterocycles. The molecule has 0 fully saturated rings. The molecule has 3 aromatic carbocycles. The highest BCUT2D eigenvalue weighted by Gasteiger charge is 2.34. The molecule has 214 valence electrons. The van der Waals surface area contributed by atoms with E-state index >= 15 is 0 Å². The zero-order chi connectivity index (χ0) is 29.6. The second-order valence-electron chi connectivity index (χ2n) is 9.61. The van der Waals surface area contributed by atoms with Crippen LogP contribution in [0.5, 0.6) is 0 Å². The van der Waals surface area contributed by atoms with E-state index in [-0.39, 0.29) is 29.1 Å². The van der Waals surface area contributed by atoms with Crippen LogP contribution in [-0.4, -0.2) is 43.8 Å². The molecule has 1 atom stereocenters. The number of nitrogens with zero attached hydrogens (tertiary/aromatic N) is 2. The third-order valence-electron chi connectivity index (χ3n) is 6.20. The van der Waals surface area contributed by atoms with Gasteiger partial charge in [0.05, 0.1) is 20.6 Å². The van der Waals surface area contributed by atoms with E-state index in [9.17, 15) is 18.0 Å². The molecule has 0 heterocycles. The SMILES string of the molecule is CC[C@@H](C(=O)NC(C)C)N(Cc1ccc(Cl)c(Cl)c1)C(=O)CN(c1cc(Cl)ccc1C)S(=O)(=O)c1ccccc1. The van der Waals surface area contributed by atoms with Gasteiger partial charge in [0, 0.05) is 17.6 Å². The van der Waals surface area contributed by atoms with Crippen molar-refractivity contribution in [2.24, 2.45) is 0 Å². The predicted molar refractivity (Wildman–Crippen MR) is 162 cm³/mol. The first-order chi connectivity index (χ1) is 18.8. The number of hydrogen-bond acceptors (Lipinski definition) is 4. The Balaban J connectivity index is 2.11. The Morgan fingerprint density at radius 1 is 0.925 bits per heavy atom. The van der Waals surface area contributed by atoms with Crippen LogP contribution in [0.4, 0.5) is 5.69 Å². The minimum absolute atomic E-state index is 0.00744. The van der Waals surface area contributed by atoms with Crippen LogP contribution < -0.4 is 9.62 Å². The van der Waals surface area contributed by atoms with Gasteiger partial charge in [-0.25, -0.2) is 8.42 Å². The van der Waals surface area contributed by atoms with Crippen molar-refractivity contribution in [3.8, 4) is 0 Å². The van der Waals surface area contributed by atoms with Crippen molar-refractivity contribution in [3.05, 3.63) is 92.9 Å². The fraction of sp³-hybridized carbons (Fsp3) is 0.310. The summed E-state index contributed by atoms with van der Waals surface area (Å²) in [5.74, 6) is -0.918. The minimum atomic E-state index is -4.19. The van der Waals surface area contributed by atoms with Gasteiger partial charge in [-0.1, -0.05) is 72.1 Å². The molecule has 0 radical (unpaired) electrons. The van der Waals surface area contributed by atoms with E-state index in [1.807, 2.05) is 13.8 Å². The fourth-order valence-corrected chi connectivity index (χ4v) is 6.20. The lowest BCUT2D eigenvalue weighted by atomic mass is 10.1. The van der Waals surface area contributed by atoms with E-state index < -0.39 is 28.5 Å². The lowest BCUT2D eigenvalue weighted by Gasteiger charge is -2.34. The molecule has 0 unspecified atom stereocenters. The summed E-state index contributed by atoms with van der Waals surface area (Å²) in [6.45, 7) is 6.62. The van der Waals surface area contributed by atoms with Crippen molar-refractivity contribution in [2.75, 3.05) is 10.8 Å². The molecule has 3 aromatic rings. The molecule has 7 nitrogen and oxygen atoms in total. The first-order valence-electron chi connectivity index (χ1n) is 12.7. The van der Waals surface area contributed by atoms with Gasteiger partial charge >= 0.3 is 0 Å². The molecular formula is C29H32Cl3N3O4S. The number of amides is 2. The van der Waals surface area contributed by atoms with Gasteiger partial charge < -0.3 is 10.2 Å². The van der Waals surface area contributed by atoms with Crippen LogP contribution in [0, 0.1) is 6.92 Å². The van der Waals surface area contributed by atoms with Gasteiger partial charge in [-0.05, 0) is 74.7 Å². The summed E-state index contributed by atoms with van der Waals surface area (Å²) in [5, 5.41) is 3.83. The standard InChI is InChI=1S/C29H32Cl3N3O4S/c1-5-26(29(37)33-19(2)3)34(17-21-12-14-24(31)25(32)15-21)28(36)18-35(27-16-22(30)13-11-20(27)4)40(38,39)23-9-7-6-8-10-23/h6-16,19,26H,5,17-18H2,1-4H3,(H,33,37)/t26-/m0/s1. The van der Waals surface area contributed by atoms with Gasteiger partial charge in [-0.2, -0.15) is 0 Å². The number of benzene rings is 3. The van der Waals surface area contributed by atoms with Crippen LogP contribution in [0.3, 0.4) is 0 Å². The molecule has 3 rings (SSSR count). The van der Waals surface area contributed by atoms with Crippen molar-refractivity contribution in [2.45, 2.75) is 57.6 Å². The van der Waals surface area contributed by atoms with Gasteiger partial charge in [0.2, 0.25) is 11.8 Å². The number of aryl methyl sites for hydroxylation is 1. The number of sulfonamides is 1. The maximum Gasteiger partial charge on any atom is 0.264 e. The maximum atomic E-state index is 14.1. The molecule has 0 saturated carbocycles. The summed E-state index contributed by atoms with van der Waals surface area (Å²) in [6.07, 6.45) is 0.299. The van der Waals surface area contributed by atoms with E-state index in [1.54, 1.807) is 62.4 Å². The van der Waals surface area contributed by atoms with Crippen LogP contribution in [0.2, 0.25) is 15.1 Å². The van der Waals surface area contributed by atoms with Gasteiger partial charge in [0.15, 0.2) is 0 Å². The number of halogens is 3. The van der Waals surface area contributed by atoms with Crippen molar-refractivity contribution >= 4 is 62.3 Å². The molecule has 1 N–H and O–H groups in total.